The Morgan fingerprint density at radius 2 is 2.17 bits per heavy atom. The van der Waals surface area contributed by atoms with Crippen LogP contribution in [0.4, 0.5) is 5.82 Å². The zero-order valence-electron chi connectivity index (χ0n) is 11.4. The number of nitrogens with zero attached hydrogens (tertiary/aromatic N) is 2. The lowest BCUT2D eigenvalue weighted by atomic mass is 10.3. The van der Waals surface area contributed by atoms with Gasteiger partial charge in [0.2, 0.25) is 0 Å². The van der Waals surface area contributed by atoms with E-state index in [1.807, 2.05) is 33.0 Å². The second-order valence-corrected chi connectivity index (χ2v) is 5.72. The summed E-state index contributed by atoms with van der Waals surface area (Å²) in [6.45, 7) is 5.49. The third-order valence-corrected chi connectivity index (χ3v) is 2.85. The van der Waals surface area contributed by atoms with Crippen LogP contribution in [0.2, 0.25) is 0 Å². The van der Waals surface area contributed by atoms with Gasteiger partial charge < -0.3 is 14.4 Å². The highest BCUT2D eigenvalue weighted by Gasteiger charge is 2.14. The van der Waals surface area contributed by atoms with Gasteiger partial charge in [0.05, 0.1) is 17.5 Å². The van der Waals surface area contributed by atoms with Crippen LogP contribution in [-0.4, -0.2) is 43.2 Å². The molecular weight excluding hydrogens is 296 g/mol. The monoisotopic (exact) mass is 316 g/mol. The molecule has 1 atom stereocenters. The number of hydrogen-bond acceptors (Lipinski definition) is 4. The summed E-state index contributed by atoms with van der Waals surface area (Å²) in [5.74, 6) is 1.67. The Balaban J connectivity index is 2.74. The maximum Gasteiger partial charge on any atom is 0.171 e. The Morgan fingerprint density at radius 1 is 1.44 bits per heavy atom. The van der Waals surface area contributed by atoms with E-state index in [2.05, 4.69) is 25.8 Å². The van der Waals surface area contributed by atoms with E-state index in [4.69, 9.17) is 9.47 Å². The predicted molar refractivity (Wildman–Crippen MR) is 77.9 cm³/mol. The minimum atomic E-state index is 0.139. The average molecular weight is 317 g/mol. The number of ether oxygens (including phenoxy) is 2. The average Bonchev–Trinajstić information content (AvgIpc) is 2.28. The first-order chi connectivity index (χ1) is 8.54. The lowest BCUT2D eigenvalue weighted by Gasteiger charge is -2.24. The molecule has 1 aromatic heterocycles. The molecule has 0 saturated heterocycles. The summed E-state index contributed by atoms with van der Waals surface area (Å²) in [7, 11) is 3.70. The molecule has 0 aliphatic rings. The van der Waals surface area contributed by atoms with Crippen LogP contribution < -0.4 is 9.64 Å². The van der Waals surface area contributed by atoms with Crippen molar-refractivity contribution in [3.8, 4) is 5.75 Å². The van der Waals surface area contributed by atoms with Crippen LogP contribution in [0.5, 0.6) is 5.75 Å². The Morgan fingerprint density at radius 3 is 2.78 bits per heavy atom. The summed E-state index contributed by atoms with van der Waals surface area (Å²) >= 11 is 3.58. The molecule has 0 N–H and O–H groups in total. The van der Waals surface area contributed by atoms with Crippen LogP contribution >= 0.6 is 15.9 Å². The van der Waals surface area contributed by atoms with Gasteiger partial charge in [0, 0.05) is 26.9 Å². The van der Waals surface area contributed by atoms with Gasteiger partial charge in [-0.05, 0) is 26.0 Å². The van der Waals surface area contributed by atoms with Crippen molar-refractivity contribution in [1.82, 2.24) is 4.98 Å². The van der Waals surface area contributed by atoms with E-state index in [0.717, 1.165) is 18.1 Å². The normalized spacial score (nSPS) is 12.6. The summed E-state index contributed by atoms with van der Waals surface area (Å²) in [4.78, 5) is 6.71. The third kappa shape index (κ3) is 4.82. The van der Waals surface area contributed by atoms with Crippen LogP contribution in [0.1, 0.15) is 13.8 Å². The maximum absolute atomic E-state index is 5.76. The van der Waals surface area contributed by atoms with Crippen molar-refractivity contribution >= 4 is 21.7 Å². The quantitative estimate of drug-likeness (QED) is 0.724. The molecule has 5 heteroatoms. The Labute approximate surface area is 117 Å². The first kappa shape index (κ1) is 15.2. The van der Waals surface area contributed by atoms with Crippen molar-refractivity contribution in [2.75, 3.05) is 32.2 Å². The van der Waals surface area contributed by atoms with Crippen LogP contribution in [-0.2, 0) is 4.74 Å². The number of alkyl halides is 1. The summed E-state index contributed by atoms with van der Waals surface area (Å²) < 4.78 is 10.9. The molecule has 18 heavy (non-hydrogen) atoms. The fraction of sp³-hybridized carbons (Fsp3) is 0.615. The number of anilines is 1. The van der Waals surface area contributed by atoms with Crippen molar-refractivity contribution in [2.24, 2.45) is 0 Å². The van der Waals surface area contributed by atoms with E-state index in [1.165, 1.54) is 0 Å². The van der Waals surface area contributed by atoms with Gasteiger partial charge >= 0.3 is 0 Å². The fourth-order valence-corrected chi connectivity index (χ4v) is 2.33. The van der Waals surface area contributed by atoms with E-state index >= 15 is 0 Å². The van der Waals surface area contributed by atoms with Gasteiger partial charge in [-0.2, -0.15) is 0 Å². The van der Waals surface area contributed by atoms with Crippen molar-refractivity contribution in [3.05, 3.63) is 18.3 Å². The molecule has 0 radical (unpaired) electrons. The number of hydrogen-bond donors (Lipinski definition) is 0. The SMILES string of the molecule is COCC(Br)CN(C)c1ncccc1OC(C)C. The molecule has 1 unspecified atom stereocenters. The standard InChI is InChI=1S/C13H21BrN2O2/c1-10(2)18-12-6-5-7-15-13(12)16(3)8-11(14)9-17-4/h5-7,10-11H,8-9H2,1-4H3. The van der Waals surface area contributed by atoms with Gasteiger partial charge in [0.1, 0.15) is 0 Å². The highest BCUT2D eigenvalue weighted by atomic mass is 79.9. The summed E-state index contributed by atoms with van der Waals surface area (Å²) in [5, 5.41) is 0. The van der Waals surface area contributed by atoms with E-state index in [9.17, 15) is 0 Å². The lowest BCUT2D eigenvalue weighted by Crippen LogP contribution is -2.29. The maximum atomic E-state index is 5.76. The molecule has 0 fully saturated rings. The Kier molecular flexibility index (Phi) is 6.43. The zero-order chi connectivity index (χ0) is 13.5. The van der Waals surface area contributed by atoms with Gasteiger partial charge in [0.15, 0.2) is 11.6 Å². The third-order valence-electron chi connectivity index (χ3n) is 2.29. The van der Waals surface area contributed by atoms with E-state index < -0.39 is 0 Å². The van der Waals surface area contributed by atoms with Crippen LogP contribution in [0, 0.1) is 0 Å². The second-order valence-electron chi connectivity index (χ2n) is 4.42. The first-order valence-electron chi connectivity index (χ1n) is 6.00. The van der Waals surface area contributed by atoms with Gasteiger partial charge in [-0.15, -0.1) is 0 Å². The minimum absolute atomic E-state index is 0.139. The minimum Gasteiger partial charge on any atom is -0.487 e. The summed E-state index contributed by atoms with van der Waals surface area (Å²) in [6, 6.07) is 3.83. The first-order valence-corrected chi connectivity index (χ1v) is 6.92. The number of rotatable bonds is 7. The van der Waals surface area contributed by atoms with Crippen molar-refractivity contribution < 1.29 is 9.47 Å². The van der Waals surface area contributed by atoms with Crippen LogP contribution in [0.3, 0.4) is 0 Å². The van der Waals surface area contributed by atoms with Gasteiger partial charge in [-0.25, -0.2) is 4.98 Å². The largest absolute Gasteiger partial charge is 0.487 e. The number of halogens is 1. The van der Waals surface area contributed by atoms with Gasteiger partial charge in [-0.1, -0.05) is 15.9 Å². The van der Waals surface area contributed by atoms with Crippen LogP contribution in [0.15, 0.2) is 18.3 Å². The molecule has 0 bridgehead atoms. The number of pyridine rings is 1. The smallest absolute Gasteiger partial charge is 0.171 e. The fourth-order valence-electron chi connectivity index (χ4n) is 1.63. The summed E-state index contributed by atoms with van der Waals surface area (Å²) in [5.41, 5.74) is 0. The van der Waals surface area contributed by atoms with Crippen LogP contribution in [0.25, 0.3) is 0 Å². The molecule has 102 valence electrons. The summed E-state index contributed by atoms with van der Waals surface area (Å²) in [6.07, 6.45) is 1.92. The molecule has 0 amide bonds. The van der Waals surface area contributed by atoms with Gasteiger partial charge in [0.25, 0.3) is 0 Å². The molecule has 1 heterocycles. The molecule has 0 saturated carbocycles. The van der Waals surface area contributed by atoms with Crippen molar-refractivity contribution in [2.45, 2.75) is 24.8 Å². The van der Waals surface area contributed by atoms with E-state index in [1.54, 1.807) is 13.3 Å². The Bertz CT molecular complexity index is 361. The molecule has 4 nitrogen and oxygen atoms in total. The van der Waals surface area contributed by atoms with Crippen molar-refractivity contribution in [1.29, 1.82) is 0 Å². The molecule has 1 rings (SSSR count). The molecular formula is C13H21BrN2O2. The van der Waals surface area contributed by atoms with E-state index in [0.29, 0.717) is 6.61 Å². The molecule has 0 spiro atoms. The topological polar surface area (TPSA) is 34.6 Å². The number of methoxy groups -OCH3 is 1. The van der Waals surface area contributed by atoms with Crippen molar-refractivity contribution in [3.63, 3.8) is 0 Å². The zero-order valence-corrected chi connectivity index (χ0v) is 13.0. The highest BCUT2D eigenvalue weighted by molar-refractivity contribution is 9.09. The van der Waals surface area contributed by atoms with E-state index in [-0.39, 0.29) is 10.9 Å². The van der Waals surface area contributed by atoms with Gasteiger partial charge in [-0.3, -0.25) is 0 Å². The molecule has 0 aliphatic carbocycles. The highest BCUT2D eigenvalue weighted by Crippen LogP contribution is 2.25. The second kappa shape index (κ2) is 7.59. The Hall–Kier alpha value is -0.810. The predicted octanol–water partition coefficient (Wildman–Crippen LogP) is 2.71. The molecule has 0 aliphatic heterocycles. The lowest BCUT2D eigenvalue weighted by molar-refractivity contribution is 0.201. The number of aromatic nitrogens is 1. The molecule has 1 aromatic rings. The molecule has 0 aromatic carbocycles.